The van der Waals surface area contributed by atoms with Crippen molar-refractivity contribution in [1.82, 2.24) is 15.1 Å². The fourth-order valence-electron chi connectivity index (χ4n) is 2.91. The van der Waals surface area contributed by atoms with Gasteiger partial charge in [-0.2, -0.15) is 0 Å². The van der Waals surface area contributed by atoms with Crippen LogP contribution in [0.15, 0.2) is 24.3 Å². The number of imide groups is 1. The van der Waals surface area contributed by atoms with Crippen LogP contribution in [0, 0.1) is 5.92 Å². The van der Waals surface area contributed by atoms with Crippen molar-refractivity contribution in [3.63, 3.8) is 0 Å². The highest BCUT2D eigenvalue weighted by molar-refractivity contribution is 6.22. The quantitative estimate of drug-likeness (QED) is 0.497. The molecule has 0 bridgehead atoms. The van der Waals surface area contributed by atoms with Gasteiger partial charge in [-0.25, -0.2) is 0 Å². The maximum absolute atomic E-state index is 12.8. The third kappa shape index (κ3) is 4.73. The third-order valence-corrected chi connectivity index (χ3v) is 4.38. The van der Waals surface area contributed by atoms with Gasteiger partial charge in [-0.1, -0.05) is 19.1 Å². The number of benzene rings is 1. The van der Waals surface area contributed by atoms with E-state index < -0.39 is 36.2 Å². The first kappa shape index (κ1) is 21.1. The topological polar surface area (TPSA) is 113 Å². The van der Waals surface area contributed by atoms with E-state index in [0.29, 0.717) is 0 Å². The number of hydrogen-bond acceptors (Lipinski definition) is 6. The molecule has 1 unspecified atom stereocenters. The summed E-state index contributed by atoms with van der Waals surface area (Å²) in [4.78, 5) is 62.7. The van der Waals surface area contributed by atoms with Gasteiger partial charge in [-0.05, 0) is 12.1 Å². The Morgan fingerprint density at radius 2 is 1.71 bits per heavy atom. The molecule has 0 spiro atoms. The van der Waals surface area contributed by atoms with Crippen molar-refractivity contribution in [3.8, 4) is 0 Å². The van der Waals surface area contributed by atoms with Crippen LogP contribution in [0.2, 0.25) is 0 Å². The van der Waals surface area contributed by atoms with Gasteiger partial charge >= 0.3 is 5.97 Å². The molecule has 1 aliphatic heterocycles. The van der Waals surface area contributed by atoms with Crippen LogP contribution in [0.5, 0.6) is 0 Å². The number of carbonyl (C=O) groups is 5. The summed E-state index contributed by atoms with van der Waals surface area (Å²) >= 11 is 0. The Bertz CT molecular complexity index is 772. The normalized spacial score (nSPS) is 13.8. The lowest BCUT2D eigenvalue weighted by atomic mass is 10.1. The maximum Gasteiger partial charge on any atom is 0.310 e. The molecule has 9 nitrogen and oxygen atoms in total. The zero-order valence-corrected chi connectivity index (χ0v) is 16.1. The molecule has 2 rings (SSSR count). The molecule has 4 amide bonds. The van der Waals surface area contributed by atoms with E-state index in [4.69, 9.17) is 0 Å². The van der Waals surface area contributed by atoms with Crippen LogP contribution in [0.25, 0.3) is 0 Å². The largest absolute Gasteiger partial charge is 0.469 e. The smallest absolute Gasteiger partial charge is 0.310 e. The summed E-state index contributed by atoms with van der Waals surface area (Å²) in [6, 6.07) is 6.36. The van der Waals surface area contributed by atoms with E-state index in [9.17, 15) is 24.0 Å². The van der Waals surface area contributed by atoms with E-state index in [2.05, 4.69) is 10.1 Å². The second-order valence-corrected chi connectivity index (χ2v) is 6.49. The van der Waals surface area contributed by atoms with Crippen LogP contribution in [-0.4, -0.2) is 72.7 Å². The number of esters is 1. The summed E-state index contributed by atoms with van der Waals surface area (Å²) in [7, 11) is 1.25. The molecular formula is C19H23N3O6. The maximum atomic E-state index is 12.8. The van der Waals surface area contributed by atoms with Gasteiger partial charge in [0.15, 0.2) is 0 Å². The number of nitrogens with one attached hydrogen (secondary N) is 1. The molecule has 0 aromatic heterocycles. The van der Waals surface area contributed by atoms with E-state index in [1.807, 2.05) is 0 Å². The van der Waals surface area contributed by atoms with Gasteiger partial charge in [0, 0.05) is 26.6 Å². The minimum absolute atomic E-state index is 0.0360. The number of carbonyl (C=O) groups excluding carboxylic acids is 5. The number of amides is 4. The van der Waals surface area contributed by atoms with Crippen LogP contribution in [0.1, 0.15) is 34.6 Å². The predicted octanol–water partition coefficient (Wildman–Crippen LogP) is 0.0564. The average molecular weight is 389 g/mol. The van der Waals surface area contributed by atoms with Gasteiger partial charge in [0.25, 0.3) is 11.8 Å². The highest BCUT2D eigenvalue weighted by Crippen LogP contribution is 2.22. The van der Waals surface area contributed by atoms with Gasteiger partial charge in [-0.15, -0.1) is 0 Å². The average Bonchev–Trinajstić information content (AvgIpc) is 2.91. The van der Waals surface area contributed by atoms with Crippen molar-refractivity contribution in [2.75, 3.05) is 33.3 Å². The van der Waals surface area contributed by atoms with E-state index in [-0.39, 0.29) is 36.7 Å². The summed E-state index contributed by atoms with van der Waals surface area (Å²) in [5.74, 6) is -2.91. The van der Waals surface area contributed by atoms with E-state index in [0.717, 1.165) is 4.90 Å². The van der Waals surface area contributed by atoms with E-state index in [1.165, 1.54) is 31.1 Å². The molecule has 0 saturated carbocycles. The van der Waals surface area contributed by atoms with E-state index >= 15 is 0 Å². The van der Waals surface area contributed by atoms with Crippen LogP contribution in [0.3, 0.4) is 0 Å². The molecule has 28 heavy (non-hydrogen) atoms. The Morgan fingerprint density at radius 3 is 2.21 bits per heavy atom. The summed E-state index contributed by atoms with van der Waals surface area (Å²) in [6.07, 6.45) is 0. The fourth-order valence-corrected chi connectivity index (χ4v) is 2.91. The number of hydrogen-bond donors (Lipinski definition) is 1. The number of rotatable bonds is 8. The molecule has 1 heterocycles. The monoisotopic (exact) mass is 389 g/mol. The van der Waals surface area contributed by atoms with Crippen molar-refractivity contribution in [1.29, 1.82) is 0 Å². The number of methoxy groups -OCH3 is 1. The van der Waals surface area contributed by atoms with Gasteiger partial charge in [0.05, 0.1) is 24.2 Å². The molecule has 1 aromatic rings. The molecule has 9 heteroatoms. The number of ether oxygens (including phenoxy) is 1. The summed E-state index contributed by atoms with van der Waals surface area (Å²) in [6.45, 7) is 2.85. The van der Waals surface area contributed by atoms with Gasteiger partial charge in [0.1, 0.15) is 6.54 Å². The summed E-state index contributed by atoms with van der Waals surface area (Å²) < 4.78 is 4.68. The van der Waals surface area contributed by atoms with Crippen molar-refractivity contribution < 1.29 is 28.7 Å². The van der Waals surface area contributed by atoms with Crippen molar-refractivity contribution in [2.45, 2.75) is 13.8 Å². The Balaban J connectivity index is 2.10. The van der Waals surface area contributed by atoms with Crippen molar-refractivity contribution >= 4 is 29.6 Å². The first-order valence-electron chi connectivity index (χ1n) is 8.81. The molecule has 0 fully saturated rings. The van der Waals surface area contributed by atoms with Crippen molar-refractivity contribution in [2.24, 2.45) is 5.92 Å². The minimum Gasteiger partial charge on any atom is -0.469 e. The number of nitrogens with zero attached hydrogens (tertiary/aromatic N) is 2. The number of fused-ring (bicyclic) bond motifs is 1. The molecule has 0 radical (unpaired) electrons. The third-order valence-electron chi connectivity index (χ3n) is 4.38. The molecule has 0 saturated heterocycles. The van der Waals surface area contributed by atoms with Crippen LogP contribution >= 0.6 is 0 Å². The highest BCUT2D eigenvalue weighted by Gasteiger charge is 2.37. The highest BCUT2D eigenvalue weighted by atomic mass is 16.5. The Hall–Kier alpha value is -3.23. The molecule has 1 aliphatic rings. The first-order valence-corrected chi connectivity index (χ1v) is 8.81. The molecule has 150 valence electrons. The lowest BCUT2D eigenvalue weighted by molar-refractivity contribution is -0.146. The standard InChI is InChI=1S/C19H23N3O6/c1-12(19(27)28-3)10-21(9-8-20-13(2)23)16(24)11-22-17(25)14-6-4-5-7-15(14)18(22)26/h4-7,12H,8-11H2,1-3H3,(H,20,23). The summed E-state index contributed by atoms with van der Waals surface area (Å²) in [5.41, 5.74) is 0.515. The van der Waals surface area contributed by atoms with Gasteiger partial charge in [0.2, 0.25) is 11.8 Å². The lowest BCUT2D eigenvalue weighted by Crippen LogP contribution is -2.47. The Kier molecular flexibility index (Phi) is 6.86. The fraction of sp³-hybridized carbons (Fsp3) is 0.421. The van der Waals surface area contributed by atoms with Gasteiger partial charge in [-0.3, -0.25) is 28.9 Å². The zero-order chi connectivity index (χ0) is 20.8. The zero-order valence-electron chi connectivity index (χ0n) is 16.1. The van der Waals surface area contributed by atoms with Crippen LogP contribution in [-0.2, 0) is 19.1 Å². The molecule has 1 aromatic carbocycles. The Morgan fingerprint density at radius 1 is 1.14 bits per heavy atom. The lowest BCUT2D eigenvalue weighted by Gasteiger charge is -2.27. The SMILES string of the molecule is COC(=O)C(C)CN(CCNC(C)=O)C(=O)CN1C(=O)c2ccccc2C1=O. The van der Waals surface area contributed by atoms with Gasteiger partial charge < -0.3 is 15.0 Å². The van der Waals surface area contributed by atoms with Crippen LogP contribution in [0.4, 0.5) is 0 Å². The van der Waals surface area contributed by atoms with E-state index in [1.54, 1.807) is 19.1 Å². The second-order valence-electron chi connectivity index (χ2n) is 6.49. The molecule has 0 aliphatic carbocycles. The first-order chi connectivity index (χ1) is 13.3. The van der Waals surface area contributed by atoms with Crippen molar-refractivity contribution in [3.05, 3.63) is 35.4 Å². The predicted molar refractivity (Wildman–Crippen MR) is 98.3 cm³/mol. The molecule has 1 atom stereocenters. The molecule has 1 N–H and O–H groups in total. The summed E-state index contributed by atoms with van der Waals surface area (Å²) in [5, 5.41) is 2.58. The minimum atomic E-state index is -0.603. The van der Waals surface area contributed by atoms with Crippen LogP contribution < -0.4 is 5.32 Å². The molecular weight excluding hydrogens is 366 g/mol. The Labute approximate surface area is 162 Å². The second kappa shape index (κ2) is 9.12.